The molecular formula is C24H30N4O3. The first-order chi connectivity index (χ1) is 15.1. The maximum Gasteiger partial charge on any atom is 0.270 e. The third-order valence-electron chi connectivity index (χ3n) is 5.52. The van der Waals surface area contributed by atoms with Crippen LogP contribution >= 0.6 is 0 Å². The molecule has 1 aromatic carbocycles. The number of benzene rings is 1. The molecule has 1 N–H and O–H groups in total. The molecular weight excluding hydrogens is 392 g/mol. The molecule has 2 aromatic heterocycles. The van der Waals surface area contributed by atoms with E-state index >= 15 is 0 Å². The molecule has 1 atom stereocenters. The predicted octanol–water partition coefficient (Wildman–Crippen LogP) is 3.61. The summed E-state index contributed by atoms with van der Waals surface area (Å²) in [7, 11) is 0. The molecule has 4 rings (SSSR count). The van der Waals surface area contributed by atoms with Gasteiger partial charge in [-0.2, -0.15) is 5.10 Å². The zero-order valence-electron chi connectivity index (χ0n) is 18.2. The molecule has 1 aliphatic heterocycles. The Labute approximate surface area is 183 Å². The molecule has 1 unspecified atom stereocenters. The second-order valence-corrected chi connectivity index (χ2v) is 8.28. The standard InChI is InChI=1S/C24H30N4O3/c1-18(2)15-20(27-10-13-30-14-11-27)17-25-24(29)22-16-21(23-9-6-12-31-23)26-28(22)19-7-4-3-5-8-19/h3-9,12,16,18,20H,10-11,13-15,17H2,1-2H3,(H,25,29). The average molecular weight is 423 g/mol. The summed E-state index contributed by atoms with van der Waals surface area (Å²) < 4.78 is 12.7. The molecule has 31 heavy (non-hydrogen) atoms. The fourth-order valence-corrected chi connectivity index (χ4v) is 4.00. The highest BCUT2D eigenvalue weighted by molar-refractivity contribution is 5.94. The third kappa shape index (κ3) is 5.24. The normalized spacial score (nSPS) is 15.8. The number of aromatic nitrogens is 2. The molecule has 7 nitrogen and oxygen atoms in total. The molecule has 3 heterocycles. The van der Waals surface area contributed by atoms with Crippen molar-refractivity contribution < 1.29 is 13.9 Å². The highest BCUT2D eigenvalue weighted by Gasteiger charge is 2.24. The van der Waals surface area contributed by atoms with Crippen molar-refractivity contribution in [1.82, 2.24) is 20.0 Å². The van der Waals surface area contributed by atoms with Crippen LogP contribution < -0.4 is 5.32 Å². The number of morpholine rings is 1. The van der Waals surface area contributed by atoms with Gasteiger partial charge in [0.25, 0.3) is 5.91 Å². The Bertz CT molecular complexity index is 960. The minimum Gasteiger partial charge on any atom is -0.463 e. The minimum atomic E-state index is -0.142. The van der Waals surface area contributed by atoms with E-state index in [0.717, 1.165) is 38.4 Å². The zero-order chi connectivity index (χ0) is 21.6. The smallest absolute Gasteiger partial charge is 0.270 e. The second kappa shape index (κ2) is 9.94. The van der Waals surface area contributed by atoms with Crippen molar-refractivity contribution in [3.05, 3.63) is 60.5 Å². The Morgan fingerprint density at radius 2 is 1.90 bits per heavy atom. The van der Waals surface area contributed by atoms with Crippen molar-refractivity contribution >= 4 is 5.91 Å². The molecule has 0 saturated carbocycles. The first kappa shape index (κ1) is 21.3. The van der Waals surface area contributed by atoms with Crippen molar-refractivity contribution in [2.75, 3.05) is 32.8 Å². The van der Waals surface area contributed by atoms with Crippen LogP contribution in [0.2, 0.25) is 0 Å². The van der Waals surface area contributed by atoms with Gasteiger partial charge in [0.15, 0.2) is 5.76 Å². The van der Waals surface area contributed by atoms with E-state index in [1.165, 1.54) is 0 Å². The first-order valence-corrected chi connectivity index (χ1v) is 10.9. The van der Waals surface area contributed by atoms with Crippen molar-refractivity contribution in [2.45, 2.75) is 26.3 Å². The van der Waals surface area contributed by atoms with E-state index in [9.17, 15) is 4.79 Å². The van der Waals surface area contributed by atoms with Crippen molar-refractivity contribution in [1.29, 1.82) is 0 Å². The summed E-state index contributed by atoms with van der Waals surface area (Å²) in [5, 5.41) is 7.80. The van der Waals surface area contributed by atoms with Gasteiger partial charge in [-0.15, -0.1) is 0 Å². The number of hydrogen-bond acceptors (Lipinski definition) is 5. The summed E-state index contributed by atoms with van der Waals surface area (Å²) in [6.07, 6.45) is 2.63. The summed E-state index contributed by atoms with van der Waals surface area (Å²) in [5.41, 5.74) is 1.95. The minimum absolute atomic E-state index is 0.142. The summed E-state index contributed by atoms with van der Waals surface area (Å²) in [6, 6.07) is 15.4. The van der Waals surface area contributed by atoms with Crippen molar-refractivity contribution in [3.63, 3.8) is 0 Å². The maximum absolute atomic E-state index is 13.2. The van der Waals surface area contributed by atoms with E-state index in [-0.39, 0.29) is 11.9 Å². The summed E-state index contributed by atoms with van der Waals surface area (Å²) >= 11 is 0. The number of furan rings is 1. The number of hydrogen-bond donors (Lipinski definition) is 1. The molecule has 0 bridgehead atoms. The van der Waals surface area contributed by atoms with E-state index in [2.05, 4.69) is 29.2 Å². The number of ether oxygens (including phenoxy) is 1. The number of carbonyl (C=O) groups excluding carboxylic acids is 1. The van der Waals surface area contributed by atoms with Crippen molar-refractivity contribution in [2.24, 2.45) is 5.92 Å². The Kier molecular flexibility index (Phi) is 6.84. The number of nitrogens with zero attached hydrogens (tertiary/aromatic N) is 3. The number of amides is 1. The van der Waals surface area contributed by atoms with E-state index < -0.39 is 0 Å². The number of nitrogens with one attached hydrogen (secondary N) is 1. The lowest BCUT2D eigenvalue weighted by atomic mass is 10.0. The molecule has 1 saturated heterocycles. The van der Waals surface area contributed by atoms with Gasteiger partial charge in [-0.05, 0) is 36.6 Å². The lowest BCUT2D eigenvalue weighted by Gasteiger charge is -2.35. The highest BCUT2D eigenvalue weighted by Crippen LogP contribution is 2.22. The molecule has 1 fully saturated rings. The van der Waals surface area contributed by atoms with Gasteiger partial charge in [-0.25, -0.2) is 4.68 Å². The van der Waals surface area contributed by atoms with Gasteiger partial charge in [0.1, 0.15) is 11.4 Å². The van der Waals surface area contributed by atoms with E-state index in [0.29, 0.717) is 29.6 Å². The molecule has 1 amide bonds. The lowest BCUT2D eigenvalue weighted by molar-refractivity contribution is 0.0124. The molecule has 0 spiro atoms. The summed E-state index contributed by atoms with van der Waals surface area (Å²) in [5.74, 6) is 1.04. The Morgan fingerprint density at radius 1 is 1.13 bits per heavy atom. The van der Waals surface area contributed by atoms with Crippen LogP contribution in [0.15, 0.2) is 59.2 Å². The second-order valence-electron chi connectivity index (χ2n) is 8.28. The van der Waals surface area contributed by atoms with Crippen LogP contribution in [0.5, 0.6) is 0 Å². The van der Waals surface area contributed by atoms with Crippen LogP contribution in [-0.4, -0.2) is 59.5 Å². The van der Waals surface area contributed by atoms with Crippen LogP contribution in [0, 0.1) is 5.92 Å². The zero-order valence-corrected chi connectivity index (χ0v) is 18.2. The highest BCUT2D eigenvalue weighted by atomic mass is 16.5. The van der Waals surface area contributed by atoms with Crippen LogP contribution in [-0.2, 0) is 4.74 Å². The Morgan fingerprint density at radius 3 is 2.58 bits per heavy atom. The fraction of sp³-hybridized carbons (Fsp3) is 0.417. The maximum atomic E-state index is 13.2. The van der Waals surface area contributed by atoms with Gasteiger partial charge in [0, 0.05) is 31.7 Å². The van der Waals surface area contributed by atoms with Gasteiger partial charge >= 0.3 is 0 Å². The van der Waals surface area contributed by atoms with Crippen LogP contribution in [0.1, 0.15) is 30.8 Å². The SMILES string of the molecule is CC(C)CC(CNC(=O)c1cc(-c2ccco2)nn1-c1ccccc1)N1CCOCC1. The molecule has 0 radical (unpaired) electrons. The number of rotatable bonds is 8. The van der Waals surface area contributed by atoms with Crippen LogP contribution in [0.3, 0.4) is 0 Å². The largest absolute Gasteiger partial charge is 0.463 e. The van der Waals surface area contributed by atoms with Crippen LogP contribution in [0.25, 0.3) is 17.1 Å². The molecule has 7 heteroatoms. The van der Waals surface area contributed by atoms with Gasteiger partial charge in [0.2, 0.25) is 0 Å². The summed E-state index contributed by atoms with van der Waals surface area (Å²) in [6.45, 7) is 8.32. The topological polar surface area (TPSA) is 72.5 Å². The van der Waals surface area contributed by atoms with E-state index in [4.69, 9.17) is 9.15 Å². The Balaban J connectivity index is 1.55. The number of carbonyl (C=O) groups is 1. The average Bonchev–Trinajstić information content (AvgIpc) is 3.47. The number of para-hydroxylation sites is 1. The van der Waals surface area contributed by atoms with Gasteiger partial charge in [0.05, 0.1) is 25.2 Å². The first-order valence-electron chi connectivity index (χ1n) is 10.9. The van der Waals surface area contributed by atoms with Crippen LogP contribution in [0.4, 0.5) is 0 Å². The third-order valence-corrected chi connectivity index (χ3v) is 5.52. The quantitative estimate of drug-likeness (QED) is 0.600. The van der Waals surface area contributed by atoms with E-state index in [1.54, 1.807) is 17.0 Å². The molecule has 3 aromatic rings. The fourth-order valence-electron chi connectivity index (χ4n) is 4.00. The van der Waals surface area contributed by atoms with Gasteiger partial charge in [-0.1, -0.05) is 32.0 Å². The monoisotopic (exact) mass is 422 g/mol. The molecule has 0 aliphatic carbocycles. The van der Waals surface area contributed by atoms with E-state index in [1.807, 2.05) is 42.5 Å². The van der Waals surface area contributed by atoms with Crippen molar-refractivity contribution in [3.8, 4) is 17.1 Å². The predicted molar refractivity (Wildman–Crippen MR) is 119 cm³/mol. The molecule has 1 aliphatic rings. The van der Waals surface area contributed by atoms with Gasteiger partial charge < -0.3 is 14.5 Å². The lowest BCUT2D eigenvalue weighted by Crippen LogP contribution is -2.49. The Hall–Kier alpha value is -2.90. The van der Waals surface area contributed by atoms with Gasteiger partial charge in [-0.3, -0.25) is 9.69 Å². The summed E-state index contributed by atoms with van der Waals surface area (Å²) in [4.78, 5) is 15.7. The molecule has 164 valence electrons.